The number of ether oxygens (including phenoxy) is 1. The fourth-order valence-corrected chi connectivity index (χ4v) is 2.35. The third-order valence-corrected chi connectivity index (χ3v) is 3.41. The van der Waals surface area contributed by atoms with Gasteiger partial charge in [-0.2, -0.15) is 0 Å². The first-order valence-electron chi connectivity index (χ1n) is 7.54. The second-order valence-electron chi connectivity index (χ2n) is 6.06. The summed E-state index contributed by atoms with van der Waals surface area (Å²) in [6.45, 7) is 8.31. The van der Waals surface area contributed by atoms with E-state index >= 15 is 0 Å². The highest BCUT2D eigenvalue weighted by molar-refractivity contribution is 5.78. The number of hydrogen-bond acceptors (Lipinski definition) is 3. The predicted octanol–water partition coefficient (Wildman–Crippen LogP) is 3.39. The zero-order valence-electron chi connectivity index (χ0n) is 13.5. The second kappa shape index (κ2) is 8.03. The fraction of sp³-hybridized carbons (Fsp3) is 0.588. The largest absolute Gasteiger partial charge is 0.494 e. The molecule has 0 amide bonds. The van der Waals surface area contributed by atoms with Crippen LogP contribution in [0.2, 0.25) is 0 Å². The lowest BCUT2D eigenvalue weighted by molar-refractivity contribution is -0.144. The maximum absolute atomic E-state index is 11.4. The molecule has 118 valence electrons. The van der Waals surface area contributed by atoms with Crippen LogP contribution < -0.4 is 10.1 Å². The average Bonchev–Trinajstić information content (AvgIpc) is 2.37. The number of aryl methyl sites for hydroxylation is 1. The normalized spacial score (nSPS) is 14.0. The van der Waals surface area contributed by atoms with Crippen molar-refractivity contribution in [2.45, 2.75) is 58.5 Å². The number of carbonyl (C=O) groups is 1. The fourth-order valence-electron chi connectivity index (χ4n) is 2.35. The summed E-state index contributed by atoms with van der Waals surface area (Å²) in [5, 5.41) is 12.5. The van der Waals surface area contributed by atoms with Gasteiger partial charge in [-0.3, -0.25) is 10.1 Å². The van der Waals surface area contributed by atoms with Gasteiger partial charge in [-0.15, -0.1) is 0 Å². The van der Waals surface area contributed by atoms with Gasteiger partial charge in [0.1, 0.15) is 11.3 Å². The molecule has 1 aromatic carbocycles. The molecule has 0 aliphatic rings. The topological polar surface area (TPSA) is 58.6 Å². The standard InChI is InChI=1S/C17H27NO3/c1-13(2)18-17(4,16(19)20)10-5-6-11-21-15-9-7-8-14(3)12-15/h7-9,12-13,18H,5-6,10-11H2,1-4H3,(H,19,20). The molecule has 0 aliphatic heterocycles. The van der Waals surface area contributed by atoms with Crippen LogP contribution in [0.4, 0.5) is 0 Å². The van der Waals surface area contributed by atoms with E-state index in [-0.39, 0.29) is 6.04 Å². The average molecular weight is 293 g/mol. The number of carboxylic acid groups (broad SMARTS) is 1. The molecule has 21 heavy (non-hydrogen) atoms. The molecule has 0 aromatic heterocycles. The molecule has 0 radical (unpaired) electrons. The van der Waals surface area contributed by atoms with Gasteiger partial charge < -0.3 is 9.84 Å². The van der Waals surface area contributed by atoms with Crippen molar-refractivity contribution in [3.05, 3.63) is 29.8 Å². The second-order valence-corrected chi connectivity index (χ2v) is 6.06. The molecule has 1 rings (SSSR count). The van der Waals surface area contributed by atoms with Crippen molar-refractivity contribution in [1.82, 2.24) is 5.32 Å². The van der Waals surface area contributed by atoms with E-state index in [0.29, 0.717) is 13.0 Å². The van der Waals surface area contributed by atoms with Crippen molar-refractivity contribution in [2.75, 3.05) is 6.61 Å². The summed E-state index contributed by atoms with van der Waals surface area (Å²) in [6, 6.07) is 8.09. The van der Waals surface area contributed by atoms with Gasteiger partial charge in [0.2, 0.25) is 0 Å². The summed E-state index contributed by atoms with van der Waals surface area (Å²) >= 11 is 0. The summed E-state index contributed by atoms with van der Waals surface area (Å²) in [5.74, 6) is 0.0760. The van der Waals surface area contributed by atoms with Crippen molar-refractivity contribution in [1.29, 1.82) is 0 Å². The Hall–Kier alpha value is -1.55. The van der Waals surface area contributed by atoms with E-state index in [4.69, 9.17) is 4.74 Å². The molecular weight excluding hydrogens is 266 g/mol. The molecule has 1 aromatic rings. The van der Waals surface area contributed by atoms with Crippen LogP contribution in [0.15, 0.2) is 24.3 Å². The number of benzene rings is 1. The van der Waals surface area contributed by atoms with Gasteiger partial charge in [0, 0.05) is 6.04 Å². The number of unbranched alkanes of at least 4 members (excludes halogenated alkanes) is 1. The molecule has 4 nitrogen and oxygen atoms in total. The van der Waals surface area contributed by atoms with E-state index in [1.165, 1.54) is 5.56 Å². The van der Waals surface area contributed by atoms with Crippen LogP contribution in [0.1, 0.15) is 45.6 Å². The maximum atomic E-state index is 11.4. The number of aliphatic carboxylic acids is 1. The zero-order valence-corrected chi connectivity index (χ0v) is 13.5. The van der Waals surface area contributed by atoms with E-state index in [9.17, 15) is 9.90 Å². The molecule has 1 unspecified atom stereocenters. The first-order chi connectivity index (χ1) is 9.83. The van der Waals surface area contributed by atoms with Crippen molar-refractivity contribution in [2.24, 2.45) is 0 Å². The molecule has 0 bridgehead atoms. The third kappa shape index (κ3) is 6.17. The van der Waals surface area contributed by atoms with Crippen molar-refractivity contribution >= 4 is 5.97 Å². The van der Waals surface area contributed by atoms with Gasteiger partial charge in [-0.1, -0.05) is 12.1 Å². The molecule has 0 fully saturated rings. The number of rotatable bonds is 9. The Bertz CT molecular complexity index is 459. The van der Waals surface area contributed by atoms with E-state index in [2.05, 4.69) is 5.32 Å². The van der Waals surface area contributed by atoms with E-state index in [1.54, 1.807) is 6.92 Å². The summed E-state index contributed by atoms with van der Waals surface area (Å²) in [4.78, 5) is 11.4. The lowest BCUT2D eigenvalue weighted by Crippen LogP contribution is -2.52. The minimum Gasteiger partial charge on any atom is -0.494 e. The van der Waals surface area contributed by atoms with Crippen molar-refractivity contribution < 1.29 is 14.6 Å². The van der Waals surface area contributed by atoms with E-state index in [0.717, 1.165) is 18.6 Å². The molecule has 1 atom stereocenters. The molecule has 0 spiro atoms. The van der Waals surface area contributed by atoms with Crippen LogP contribution in [-0.4, -0.2) is 29.3 Å². The summed E-state index contributed by atoms with van der Waals surface area (Å²) in [5.41, 5.74) is 0.310. The Morgan fingerprint density at radius 3 is 2.67 bits per heavy atom. The Morgan fingerprint density at radius 2 is 2.10 bits per heavy atom. The lowest BCUT2D eigenvalue weighted by atomic mass is 9.94. The highest BCUT2D eigenvalue weighted by Crippen LogP contribution is 2.17. The molecule has 0 saturated carbocycles. The lowest BCUT2D eigenvalue weighted by Gasteiger charge is -2.28. The van der Waals surface area contributed by atoms with Crippen molar-refractivity contribution in [3.8, 4) is 5.75 Å². The van der Waals surface area contributed by atoms with Gasteiger partial charge in [0.05, 0.1) is 6.61 Å². The van der Waals surface area contributed by atoms with Gasteiger partial charge in [0.15, 0.2) is 0 Å². The van der Waals surface area contributed by atoms with Crippen LogP contribution in [0.5, 0.6) is 5.75 Å². The van der Waals surface area contributed by atoms with Gasteiger partial charge in [-0.05, 0) is 64.7 Å². The molecule has 0 saturated heterocycles. The highest BCUT2D eigenvalue weighted by Gasteiger charge is 2.32. The SMILES string of the molecule is Cc1cccc(OCCCCC(C)(NC(C)C)C(=O)O)c1. The maximum Gasteiger partial charge on any atom is 0.323 e. The van der Waals surface area contributed by atoms with E-state index in [1.807, 2.05) is 45.0 Å². The number of hydrogen-bond donors (Lipinski definition) is 2. The Labute approximate surface area is 127 Å². The Kier molecular flexibility index (Phi) is 6.69. The quantitative estimate of drug-likeness (QED) is 0.685. The minimum absolute atomic E-state index is 0.148. The minimum atomic E-state index is -0.864. The van der Waals surface area contributed by atoms with Crippen LogP contribution >= 0.6 is 0 Å². The van der Waals surface area contributed by atoms with Crippen LogP contribution in [0.3, 0.4) is 0 Å². The highest BCUT2D eigenvalue weighted by atomic mass is 16.5. The van der Waals surface area contributed by atoms with E-state index < -0.39 is 11.5 Å². The molecule has 0 aliphatic carbocycles. The van der Waals surface area contributed by atoms with Crippen LogP contribution in [-0.2, 0) is 4.79 Å². The first-order valence-corrected chi connectivity index (χ1v) is 7.54. The summed E-state index contributed by atoms with van der Waals surface area (Å²) in [6.07, 6.45) is 2.25. The number of nitrogens with one attached hydrogen (secondary N) is 1. The first kappa shape index (κ1) is 17.5. The smallest absolute Gasteiger partial charge is 0.323 e. The summed E-state index contributed by atoms with van der Waals surface area (Å²) < 4.78 is 5.68. The van der Waals surface area contributed by atoms with Gasteiger partial charge in [0.25, 0.3) is 0 Å². The molecule has 2 N–H and O–H groups in total. The molecular formula is C17H27NO3. The molecule has 0 heterocycles. The zero-order chi connectivity index (χ0) is 15.9. The van der Waals surface area contributed by atoms with Gasteiger partial charge >= 0.3 is 5.97 Å². The summed E-state index contributed by atoms with van der Waals surface area (Å²) in [7, 11) is 0. The predicted molar refractivity (Wildman–Crippen MR) is 84.8 cm³/mol. The molecule has 4 heteroatoms. The monoisotopic (exact) mass is 293 g/mol. The van der Waals surface area contributed by atoms with Crippen LogP contribution in [0, 0.1) is 6.92 Å². The van der Waals surface area contributed by atoms with Crippen LogP contribution in [0.25, 0.3) is 0 Å². The Balaban J connectivity index is 2.33. The van der Waals surface area contributed by atoms with Crippen molar-refractivity contribution in [3.63, 3.8) is 0 Å². The third-order valence-electron chi connectivity index (χ3n) is 3.41. The number of carboxylic acids is 1. The Morgan fingerprint density at radius 1 is 1.38 bits per heavy atom. The van der Waals surface area contributed by atoms with Gasteiger partial charge in [-0.25, -0.2) is 0 Å².